The Morgan fingerprint density at radius 1 is 1.35 bits per heavy atom. The molecule has 0 saturated carbocycles. The molecule has 0 aliphatic carbocycles. The summed E-state index contributed by atoms with van der Waals surface area (Å²) in [5.74, 6) is 0.168. The Hall–Kier alpha value is -0.830. The average Bonchev–Trinajstić information content (AvgIpc) is 2.27. The first-order chi connectivity index (χ1) is 8.08. The maximum Gasteiger partial charge on any atom is 0.254 e. The zero-order valence-electron chi connectivity index (χ0n) is 10.4. The third-order valence-electron chi connectivity index (χ3n) is 3.35. The quantitative estimate of drug-likeness (QED) is 0.772. The van der Waals surface area contributed by atoms with Crippen LogP contribution in [-0.4, -0.2) is 23.4 Å². The average molecular weight is 296 g/mol. The van der Waals surface area contributed by atoms with Gasteiger partial charge in [-0.2, -0.15) is 0 Å². The maximum atomic E-state index is 12.4. The lowest BCUT2D eigenvalue weighted by molar-refractivity contribution is 0.0635. The van der Waals surface area contributed by atoms with Crippen molar-refractivity contribution in [2.45, 2.75) is 39.2 Å². The van der Waals surface area contributed by atoms with Gasteiger partial charge in [0.1, 0.15) is 0 Å². The van der Waals surface area contributed by atoms with Crippen LogP contribution < -0.4 is 0 Å². The molecule has 3 heteroatoms. The van der Waals surface area contributed by atoms with E-state index in [4.69, 9.17) is 0 Å². The normalized spacial score (nSPS) is 20.4. The number of amides is 1. The van der Waals surface area contributed by atoms with Gasteiger partial charge < -0.3 is 4.90 Å². The Bertz CT molecular complexity index is 410. The number of rotatable bonds is 1. The minimum absolute atomic E-state index is 0.168. The molecule has 0 aromatic heterocycles. The molecule has 17 heavy (non-hydrogen) atoms. The van der Waals surface area contributed by atoms with Gasteiger partial charge in [-0.05, 0) is 56.9 Å². The van der Waals surface area contributed by atoms with Crippen molar-refractivity contribution in [1.29, 1.82) is 0 Å². The van der Waals surface area contributed by atoms with Crippen molar-refractivity contribution < 1.29 is 4.79 Å². The third kappa shape index (κ3) is 2.89. The first-order valence-corrected chi connectivity index (χ1v) is 6.95. The molecule has 1 aliphatic heterocycles. The molecule has 0 N–H and O–H groups in total. The van der Waals surface area contributed by atoms with Crippen LogP contribution in [0.4, 0.5) is 0 Å². The van der Waals surface area contributed by atoms with Gasteiger partial charge in [0.15, 0.2) is 0 Å². The summed E-state index contributed by atoms with van der Waals surface area (Å²) in [6.45, 7) is 5.05. The number of hydrogen-bond donors (Lipinski definition) is 0. The number of halogens is 1. The summed E-state index contributed by atoms with van der Waals surface area (Å²) in [5, 5.41) is 0. The van der Waals surface area contributed by atoms with E-state index in [1.807, 2.05) is 30.0 Å². The van der Waals surface area contributed by atoms with Gasteiger partial charge in [-0.3, -0.25) is 4.79 Å². The van der Waals surface area contributed by atoms with Crippen LogP contribution in [0.25, 0.3) is 0 Å². The summed E-state index contributed by atoms with van der Waals surface area (Å²) in [7, 11) is 0. The third-order valence-corrected chi connectivity index (χ3v) is 3.81. The highest BCUT2D eigenvalue weighted by atomic mass is 79.9. The van der Waals surface area contributed by atoms with Gasteiger partial charge in [0.05, 0.1) is 0 Å². The number of piperidine rings is 1. The van der Waals surface area contributed by atoms with Gasteiger partial charge in [-0.15, -0.1) is 0 Å². The highest BCUT2D eigenvalue weighted by Gasteiger charge is 2.24. The van der Waals surface area contributed by atoms with E-state index < -0.39 is 0 Å². The van der Waals surface area contributed by atoms with E-state index in [2.05, 4.69) is 22.9 Å². The standard InChI is InChI=1S/C14H18BrNO/c1-10-7-12(9-13(15)8-10)14(17)16-6-4-3-5-11(16)2/h7-9,11H,3-6H2,1-2H3. The second-order valence-corrected chi connectivity index (χ2v) is 5.78. The van der Waals surface area contributed by atoms with Crippen LogP contribution in [0.3, 0.4) is 0 Å². The lowest BCUT2D eigenvalue weighted by atomic mass is 10.0. The molecule has 1 atom stereocenters. The Balaban J connectivity index is 2.23. The number of benzene rings is 1. The van der Waals surface area contributed by atoms with Gasteiger partial charge in [-0.1, -0.05) is 15.9 Å². The van der Waals surface area contributed by atoms with Crippen molar-refractivity contribution >= 4 is 21.8 Å². The summed E-state index contributed by atoms with van der Waals surface area (Å²) in [6, 6.07) is 6.28. The van der Waals surface area contributed by atoms with Gasteiger partial charge in [-0.25, -0.2) is 0 Å². The minimum Gasteiger partial charge on any atom is -0.336 e. The van der Waals surface area contributed by atoms with E-state index in [1.54, 1.807) is 0 Å². The van der Waals surface area contributed by atoms with Crippen LogP contribution in [0.15, 0.2) is 22.7 Å². The van der Waals surface area contributed by atoms with Crippen molar-refractivity contribution in [3.8, 4) is 0 Å². The van der Waals surface area contributed by atoms with Gasteiger partial charge in [0.25, 0.3) is 5.91 Å². The molecule has 1 saturated heterocycles. The number of hydrogen-bond acceptors (Lipinski definition) is 1. The highest BCUT2D eigenvalue weighted by molar-refractivity contribution is 9.10. The molecule has 1 aliphatic rings. The molecule has 1 amide bonds. The summed E-state index contributed by atoms with van der Waals surface area (Å²) < 4.78 is 0.977. The Morgan fingerprint density at radius 3 is 2.76 bits per heavy atom. The Morgan fingerprint density at radius 2 is 2.12 bits per heavy atom. The lowest BCUT2D eigenvalue weighted by Gasteiger charge is -2.33. The monoisotopic (exact) mass is 295 g/mol. The second-order valence-electron chi connectivity index (χ2n) is 4.86. The summed E-state index contributed by atoms with van der Waals surface area (Å²) in [6.07, 6.45) is 3.49. The zero-order chi connectivity index (χ0) is 12.4. The molecule has 1 heterocycles. The minimum atomic E-state index is 0.168. The summed E-state index contributed by atoms with van der Waals surface area (Å²) in [4.78, 5) is 14.4. The largest absolute Gasteiger partial charge is 0.336 e. The first-order valence-electron chi connectivity index (χ1n) is 6.16. The predicted molar refractivity (Wildman–Crippen MR) is 73.2 cm³/mol. The second kappa shape index (κ2) is 5.21. The molecule has 2 nitrogen and oxygen atoms in total. The van der Waals surface area contributed by atoms with Crippen molar-refractivity contribution in [3.63, 3.8) is 0 Å². The van der Waals surface area contributed by atoms with Gasteiger partial charge in [0.2, 0.25) is 0 Å². The molecule has 92 valence electrons. The molecule has 0 bridgehead atoms. The molecule has 0 spiro atoms. The molecule has 2 rings (SSSR count). The molecular formula is C14H18BrNO. The van der Waals surface area contributed by atoms with Crippen molar-refractivity contribution in [2.75, 3.05) is 6.54 Å². The van der Waals surface area contributed by atoms with Crippen molar-refractivity contribution in [3.05, 3.63) is 33.8 Å². The number of nitrogens with zero attached hydrogens (tertiary/aromatic N) is 1. The fraction of sp³-hybridized carbons (Fsp3) is 0.500. The highest BCUT2D eigenvalue weighted by Crippen LogP contribution is 2.21. The van der Waals surface area contributed by atoms with E-state index in [1.165, 1.54) is 6.42 Å². The number of carbonyl (C=O) groups is 1. The first kappa shape index (κ1) is 12.6. The Kier molecular flexibility index (Phi) is 3.87. The fourth-order valence-electron chi connectivity index (χ4n) is 2.43. The molecule has 1 fully saturated rings. The number of carbonyl (C=O) groups excluding carboxylic acids is 1. The molecule has 1 unspecified atom stereocenters. The van der Waals surface area contributed by atoms with Crippen LogP contribution >= 0.6 is 15.9 Å². The van der Waals surface area contributed by atoms with Gasteiger partial charge >= 0.3 is 0 Å². The summed E-state index contributed by atoms with van der Waals surface area (Å²) >= 11 is 3.45. The van der Waals surface area contributed by atoms with E-state index in [0.717, 1.165) is 35.0 Å². The smallest absolute Gasteiger partial charge is 0.254 e. The molecule has 1 aromatic rings. The van der Waals surface area contributed by atoms with Gasteiger partial charge in [0, 0.05) is 22.6 Å². The number of likely N-dealkylation sites (tertiary alicyclic amines) is 1. The van der Waals surface area contributed by atoms with Crippen LogP contribution in [0.5, 0.6) is 0 Å². The molecular weight excluding hydrogens is 278 g/mol. The maximum absolute atomic E-state index is 12.4. The van der Waals surface area contributed by atoms with Crippen molar-refractivity contribution in [2.24, 2.45) is 0 Å². The topological polar surface area (TPSA) is 20.3 Å². The van der Waals surface area contributed by atoms with Crippen LogP contribution in [0.1, 0.15) is 42.1 Å². The lowest BCUT2D eigenvalue weighted by Crippen LogP contribution is -2.42. The fourth-order valence-corrected chi connectivity index (χ4v) is 3.03. The van der Waals surface area contributed by atoms with E-state index in [9.17, 15) is 4.79 Å². The zero-order valence-corrected chi connectivity index (χ0v) is 12.0. The Labute approximate surface area is 111 Å². The molecule has 0 radical (unpaired) electrons. The number of aryl methyl sites for hydroxylation is 1. The SMILES string of the molecule is Cc1cc(Br)cc(C(=O)N2CCCCC2C)c1. The van der Waals surface area contributed by atoms with Crippen LogP contribution in [-0.2, 0) is 0 Å². The van der Waals surface area contributed by atoms with Crippen LogP contribution in [0, 0.1) is 6.92 Å². The predicted octanol–water partition coefficient (Wildman–Crippen LogP) is 3.77. The van der Waals surface area contributed by atoms with E-state index in [0.29, 0.717) is 6.04 Å². The summed E-state index contributed by atoms with van der Waals surface area (Å²) in [5.41, 5.74) is 1.91. The van der Waals surface area contributed by atoms with Crippen molar-refractivity contribution in [1.82, 2.24) is 4.90 Å². The molecule has 1 aromatic carbocycles. The van der Waals surface area contributed by atoms with Crippen LogP contribution in [0.2, 0.25) is 0 Å². The van der Waals surface area contributed by atoms with E-state index >= 15 is 0 Å². The van der Waals surface area contributed by atoms with E-state index in [-0.39, 0.29) is 5.91 Å².